The molecule has 0 bridgehead atoms. The predicted octanol–water partition coefficient (Wildman–Crippen LogP) is 6.50. The summed E-state index contributed by atoms with van der Waals surface area (Å²) in [6.07, 6.45) is 21.0. The van der Waals surface area contributed by atoms with Crippen LogP contribution in [0.5, 0.6) is 0 Å². The minimum atomic E-state index is -0.113. The fourth-order valence-electron chi connectivity index (χ4n) is 7.39. The van der Waals surface area contributed by atoms with Gasteiger partial charge >= 0.3 is 11.9 Å². The molecule has 226 valence electrons. The Bertz CT molecular complexity index is 825. The molecule has 2 heterocycles. The van der Waals surface area contributed by atoms with Crippen LogP contribution in [0.4, 0.5) is 0 Å². The second-order valence-corrected chi connectivity index (χ2v) is 14.5. The molecule has 2 rings (SSSR count). The fourth-order valence-corrected chi connectivity index (χ4v) is 7.39. The lowest BCUT2D eigenvalue weighted by atomic mass is 9.78. The van der Waals surface area contributed by atoms with Gasteiger partial charge in [0.15, 0.2) is 0 Å². The molecule has 40 heavy (non-hydrogen) atoms. The highest BCUT2D eigenvalue weighted by Gasteiger charge is 2.47. The number of esters is 2. The summed E-state index contributed by atoms with van der Waals surface area (Å²) in [6.45, 7) is 18.6. The Morgan fingerprint density at radius 3 is 1.15 bits per heavy atom. The average Bonchev–Trinajstić information content (AvgIpc) is 2.79. The SMILES string of the molecule is C#CCN1C(C)(C)CC(OC(=O)CCCCCCCCC(=O)OC2CC(C)(C)N(CC#C)C(C)(C)C2)CC1(C)C. The zero-order chi connectivity index (χ0) is 30.2. The molecule has 6 nitrogen and oxygen atoms in total. The Morgan fingerprint density at radius 2 is 0.875 bits per heavy atom. The minimum absolute atomic E-state index is 0.0704. The van der Waals surface area contributed by atoms with Crippen LogP contribution in [0.25, 0.3) is 0 Å². The molecule has 0 radical (unpaired) electrons. The Labute approximate surface area is 245 Å². The van der Waals surface area contributed by atoms with Crippen molar-refractivity contribution >= 4 is 11.9 Å². The number of likely N-dealkylation sites (tertiary alicyclic amines) is 2. The number of unbranched alkanes of at least 4 members (excludes halogenated alkanes) is 5. The van der Waals surface area contributed by atoms with Crippen LogP contribution < -0.4 is 0 Å². The van der Waals surface area contributed by atoms with Crippen LogP contribution in [0.3, 0.4) is 0 Å². The van der Waals surface area contributed by atoms with Gasteiger partial charge in [0.1, 0.15) is 12.2 Å². The van der Waals surface area contributed by atoms with Crippen molar-refractivity contribution in [2.24, 2.45) is 0 Å². The van der Waals surface area contributed by atoms with Crippen molar-refractivity contribution in [2.45, 2.75) is 167 Å². The highest BCUT2D eigenvalue weighted by Crippen LogP contribution is 2.40. The van der Waals surface area contributed by atoms with Crippen molar-refractivity contribution < 1.29 is 19.1 Å². The van der Waals surface area contributed by atoms with Crippen molar-refractivity contribution in [1.29, 1.82) is 0 Å². The van der Waals surface area contributed by atoms with Crippen molar-refractivity contribution in [1.82, 2.24) is 9.80 Å². The van der Waals surface area contributed by atoms with E-state index >= 15 is 0 Å². The number of piperidine rings is 2. The first-order valence-corrected chi connectivity index (χ1v) is 15.4. The predicted molar refractivity (Wildman–Crippen MR) is 163 cm³/mol. The van der Waals surface area contributed by atoms with Gasteiger partial charge in [0.25, 0.3) is 0 Å². The summed E-state index contributed by atoms with van der Waals surface area (Å²) < 4.78 is 11.8. The summed E-state index contributed by atoms with van der Waals surface area (Å²) in [4.78, 5) is 29.7. The first kappa shape index (κ1) is 34.2. The van der Waals surface area contributed by atoms with E-state index in [9.17, 15) is 9.59 Å². The topological polar surface area (TPSA) is 59.1 Å². The van der Waals surface area contributed by atoms with E-state index in [0.717, 1.165) is 64.2 Å². The van der Waals surface area contributed by atoms with E-state index in [1.54, 1.807) is 0 Å². The van der Waals surface area contributed by atoms with E-state index in [2.05, 4.69) is 77.0 Å². The third-order valence-electron chi connectivity index (χ3n) is 8.94. The molecular formula is C34H56N2O4. The van der Waals surface area contributed by atoms with Gasteiger partial charge in [0.05, 0.1) is 13.1 Å². The second kappa shape index (κ2) is 14.2. The van der Waals surface area contributed by atoms with E-state index in [4.69, 9.17) is 22.3 Å². The normalized spacial score (nSPS) is 22.6. The zero-order valence-corrected chi connectivity index (χ0v) is 26.7. The van der Waals surface area contributed by atoms with Gasteiger partial charge in [-0.15, -0.1) is 12.8 Å². The van der Waals surface area contributed by atoms with Gasteiger partial charge < -0.3 is 9.47 Å². The van der Waals surface area contributed by atoms with Crippen LogP contribution in [0, 0.1) is 24.7 Å². The molecule has 0 saturated carbocycles. The highest BCUT2D eigenvalue weighted by atomic mass is 16.5. The summed E-state index contributed by atoms with van der Waals surface area (Å²) in [5.74, 6) is 5.36. The maximum atomic E-state index is 12.5. The average molecular weight is 557 g/mol. The highest BCUT2D eigenvalue weighted by molar-refractivity contribution is 5.70. The van der Waals surface area contributed by atoms with Crippen molar-refractivity contribution in [3.63, 3.8) is 0 Å². The van der Waals surface area contributed by atoms with Gasteiger partial charge in [0.2, 0.25) is 0 Å². The Morgan fingerprint density at radius 1 is 0.600 bits per heavy atom. The molecule has 0 aromatic carbocycles. The molecule has 0 amide bonds. The maximum absolute atomic E-state index is 12.5. The van der Waals surface area contributed by atoms with Crippen LogP contribution in [-0.4, -0.2) is 69.2 Å². The quantitative estimate of drug-likeness (QED) is 0.147. The van der Waals surface area contributed by atoms with Gasteiger partial charge in [-0.3, -0.25) is 19.4 Å². The lowest BCUT2D eigenvalue weighted by molar-refractivity contribution is -0.161. The van der Waals surface area contributed by atoms with E-state index < -0.39 is 0 Å². The zero-order valence-electron chi connectivity index (χ0n) is 26.7. The van der Waals surface area contributed by atoms with E-state index in [-0.39, 0.29) is 46.3 Å². The van der Waals surface area contributed by atoms with Crippen molar-refractivity contribution in [2.75, 3.05) is 13.1 Å². The molecule has 0 aromatic rings. The minimum Gasteiger partial charge on any atom is -0.462 e. The molecule has 0 N–H and O–H groups in total. The second-order valence-electron chi connectivity index (χ2n) is 14.5. The third-order valence-corrected chi connectivity index (χ3v) is 8.94. The first-order valence-electron chi connectivity index (χ1n) is 15.4. The van der Waals surface area contributed by atoms with E-state index in [0.29, 0.717) is 25.9 Å². The van der Waals surface area contributed by atoms with Gasteiger partial charge in [-0.25, -0.2) is 0 Å². The smallest absolute Gasteiger partial charge is 0.306 e. The number of carbonyl (C=O) groups excluding carboxylic acids is 2. The molecular weight excluding hydrogens is 500 g/mol. The number of terminal acetylenes is 2. The number of carbonyl (C=O) groups is 2. The summed E-state index contributed by atoms with van der Waals surface area (Å²) in [6, 6.07) is 0. The first-order chi connectivity index (χ1) is 18.5. The summed E-state index contributed by atoms with van der Waals surface area (Å²) in [5.41, 5.74) is -0.451. The fraction of sp³-hybridized carbons (Fsp3) is 0.824. The molecule has 0 aromatic heterocycles. The summed E-state index contributed by atoms with van der Waals surface area (Å²) >= 11 is 0. The standard InChI is InChI=1S/C34H56N2O4/c1-11-21-35-31(3,4)23-27(24-32(35,5)6)39-29(37)19-17-15-13-14-16-18-20-30(38)40-28-25-33(7,8)36(22-12-2)34(9,10)26-28/h1-2,27-28H,13-26H2,3-10H3. The van der Waals surface area contributed by atoms with Crippen molar-refractivity contribution in [3.8, 4) is 24.7 Å². The number of ether oxygens (including phenoxy) is 2. The molecule has 2 aliphatic rings. The van der Waals surface area contributed by atoms with Crippen LogP contribution in [0.1, 0.15) is 132 Å². The van der Waals surface area contributed by atoms with Crippen molar-refractivity contribution in [3.05, 3.63) is 0 Å². The van der Waals surface area contributed by atoms with E-state index in [1.807, 2.05) is 0 Å². The van der Waals surface area contributed by atoms with Crippen LogP contribution >= 0.6 is 0 Å². The molecule has 0 unspecified atom stereocenters. The van der Waals surface area contributed by atoms with E-state index in [1.165, 1.54) is 0 Å². The number of hydrogen-bond donors (Lipinski definition) is 0. The Balaban J connectivity index is 1.59. The maximum Gasteiger partial charge on any atom is 0.306 e. The van der Waals surface area contributed by atoms with Gasteiger partial charge in [-0.05, 0) is 68.2 Å². The molecule has 6 heteroatoms. The molecule has 2 aliphatic heterocycles. The van der Waals surface area contributed by atoms with Crippen LogP contribution in [0.15, 0.2) is 0 Å². The molecule has 0 atom stereocenters. The number of hydrogen-bond acceptors (Lipinski definition) is 6. The van der Waals surface area contributed by atoms with Crippen LogP contribution in [0.2, 0.25) is 0 Å². The number of rotatable bonds is 13. The number of nitrogens with zero attached hydrogens (tertiary/aromatic N) is 2. The molecule has 2 saturated heterocycles. The summed E-state index contributed by atoms with van der Waals surface area (Å²) in [7, 11) is 0. The third kappa shape index (κ3) is 9.81. The molecule has 0 spiro atoms. The summed E-state index contributed by atoms with van der Waals surface area (Å²) in [5, 5.41) is 0. The van der Waals surface area contributed by atoms with Gasteiger partial charge in [-0.2, -0.15) is 0 Å². The Kier molecular flexibility index (Phi) is 12.2. The largest absolute Gasteiger partial charge is 0.462 e. The molecule has 2 fully saturated rings. The lowest BCUT2D eigenvalue weighted by Crippen LogP contribution is -2.62. The van der Waals surface area contributed by atoms with Gasteiger partial charge in [0, 0.05) is 60.7 Å². The molecule has 0 aliphatic carbocycles. The Hall–Kier alpha value is -2.02. The monoisotopic (exact) mass is 556 g/mol. The van der Waals surface area contributed by atoms with Gasteiger partial charge in [-0.1, -0.05) is 37.5 Å². The lowest BCUT2D eigenvalue weighted by Gasteiger charge is -2.54. The van der Waals surface area contributed by atoms with Crippen LogP contribution in [-0.2, 0) is 19.1 Å².